The SMILES string of the molecule is O=C(O)CC(O)(CC(=O)OS(=O)(=O)O)C(=O)O.[Ca+2].[Ca+2].[H-].[H-].[H-].[H-]. The summed E-state index contributed by atoms with van der Waals surface area (Å²) in [6, 6.07) is 0. The Labute approximate surface area is 173 Å². The summed E-state index contributed by atoms with van der Waals surface area (Å²) in [6.07, 6.45) is -2.79. The number of aliphatic hydroxyl groups is 1. The van der Waals surface area contributed by atoms with Crippen molar-refractivity contribution in [3.63, 3.8) is 0 Å². The molecule has 0 saturated heterocycles. The van der Waals surface area contributed by atoms with Gasteiger partial charge < -0.3 is 25.2 Å². The Morgan fingerprint density at radius 2 is 1.53 bits per heavy atom. The van der Waals surface area contributed by atoms with Crippen molar-refractivity contribution in [1.82, 2.24) is 0 Å². The van der Waals surface area contributed by atoms with Gasteiger partial charge >= 0.3 is 104 Å². The Hall–Kier alpha value is 0.799. The van der Waals surface area contributed by atoms with Gasteiger partial charge in [-0.05, 0) is 0 Å². The molecule has 0 rings (SSSR count). The van der Waals surface area contributed by atoms with Crippen LogP contribution in [0.15, 0.2) is 0 Å². The van der Waals surface area contributed by atoms with Crippen molar-refractivity contribution in [2.75, 3.05) is 0 Å². The van der Waals surface area contributed by atoms with E-state index in [9.17, 15) is 27.9 Å². The average molecular weight is 356 g/mol. The van der Waals surface area contributed by atoms with Crippen molar-refractivity contribution in [3.05, 3.63) is 0 Å². The molecule has 0 heterocycles. The number of hydrogen-bond donors (Lipinski definition) is 4. The number of aliphatic carboxylic acids is 2. The molecule has 4 N–H and O–H groups in total. The van der Waals surface area contributed by atoms with E-state index in [0.717, 1.165) is 0 Å². The summed E-state index contributed by atoms with van der Waals surface area (Å²) in [4.78, 5) is 31.6. The van der Waals surface area contributed by atoms with Crippen LogP contribution in [0.25, 0.3) is 0 Å². The van der Waals surface area contributed by atoms with Crippen LogP contribution in [-0.2, 0) is 29.0 Å². The van der Waals surface area contributed by atoms with Crippen LogP contribution >= 0.6 is 0 Å². The van der Waals surface area contributed by atoms with Crippen molar-refractivity contribution in [3.8, 4) is 0 Å². The Morgan fingerprint density at radius 3 is 1.79 bits per heavy atom. The van der Waals surface area contributed by atoms with Gasteiger partial charge in [0.2, 0.25) is 0 Å². The molecule has 13 heteroatoms. The predicted octanol–water partition coefficient (Wildman–Crippen LogP) is -2.30. The molecule has 1 unspecified atom stereocenters. The van der Waals surface area contributed by atoms with Gasteiger partial charge in [-0.3, -0.25) is 14.1 Å². The molecule has 0 amide bonds. The maximum Gasteiger partial charge on any atom is 2.00 e. The zero-order valence-corrected chi connectivity index (χ0v) is 14.7. The van der Waals surface area contributed by atoms with Crippen molar-refractivity contribution >= 4 is 104 Å². The third kappa shape index (κ3) is 11.2. The smallest absolute Gasteiger partial charge is 1.00 e. The minimum atomic E-state index is -5.15. The van der Waals surface area contributed by atoms with E-state index in [1.807, 2.05) is 0 Å². The minimum Gasteiger partial charge on any atom is -1.00 e. The summed E-state index contributed by atoms with van der Waals surface area (Å²) in [5, 5.41) is 26.1. The fourth-order valence-corrected chi connectivity index (χ4v) is 1.14. The van der Waals surface area contributed by atoms with E-state index in [1.165, 1.54) is 0 Å². The first-order valence-corrected chi connectivity index (χ1v) is 5.20. The first-order chi connectivity index (χ1) is 7.46. The first-order valence-electron chi connectivity index (χ1n) is 3.83. The molecule has 0 fully saturated rings. The summed E-state index contributed by atoms with van der Waals surface area (Å²) in [5.41, 5.74) is -3.02. The number of carbonyl (C=O) groups is 3. The standard InChI is InChI=1S/C6H8O10S.2Ca.4H/c7-3(8)1-6(12,5(10)11)2-4(9)16-17(13,14)15;;;;;;/h12H,1-2H2,(H,7,8)(H,10,11)(H,13,14,15);;;;;;/q;2*+2;4*-1. The minimum absolute atomic E-state index is 0. The van der Waals surface area contributed by atoms with Gasteiger partial charge in [0, 0.05) is 0 Å². The Morgan fingerprint density at radius 1 is 1.11 bits per heavy atom. The summed E-state index contributed by atoms with van der Waals surface area (Å²) in [5.74, 6) is -5.58. The van der Waals surface area contributed by atoms with Crippen LogP contribution < -0.4 is 0 Å². The molecule has 0 aromatic rings. The topological polar surface area (TPSA) is 175 Å². The molecule has 0 aliphatic rings. The molecule has 0 saturated carbocycles. The Kier molecular flexibility index (Phi) is 12.6. The van der Waals surface area contributed by atoms with Gasteiger partial charge in [-0.2, -0.15) is 8.42 Å². The Bertz CT molecular complexity index is 460. The molecule has 19 heavy (non-hydrogen) atoms. The van der Waals surface area contributed by atoms with Gasteiger partial charge in [0.25, 0.3) is 0 Å². The van der Waals surface area contributed by atoms with Crippen molar-refractivity contribution in [2.24, 2.45) is 0 Å². The van der Waals surface area contributed by atoms with Gasteiger partial charge in [-0.1, -0.05) is 0 Å². The normalized spacial score (nSPS) is 13.2. The molecule has 10 nitrogen and oxygen atoms in total. The second kappa shape index (κ2) is 9.68. The van der Waals surface area contributed by atoms with Crippen LogP contribution in [0.2, 0.25) is 0 Å². The fourth-order valence-electron chi connectivity index (χ4n) is 0.850. The summed E-state index contributed by atoms with van der Waals surface area (Å²) in [7, 11) is -5.15. The van der Waals surface area contributed by atoms with Gasteiger partial charge in [0.15, 0.2) is 5.60 Å². The van der Waals surface area contributed by atoms with E-state index in [-0.39, 0.29) is 81.2 Å². The maximum absolute atomic E-state index is 10.8. The van der Waals surface area contributed by atoms with Crippen LogP contribution in [-0.4, -0.2) is 127 Å². The monoisotopic (exact) mass is 356 g/mol. The molecule has 0 radical (unpaired) electrons. The average Bonchev–Trinajstić information content (AvgIpc) is 1.96. The third-order valence-corrected chi connectivity index (χ3v) is 1.87. The molecule has 0 aromatic heterocycles. The van der Waals surface area contributed by atoms with Crippen LogP contribution in [0, 0.1) is 0 Å². The van der Waals surface area contributed by atoms with E-state index < -0.39 is 46.7 Å². The maximum atomic E-state index is 10.8. The van der Waals surface area contributed by atoms with Crippen LogP contribution in [0.5, 0.6) is 0 Å². The predicted molar refractivity (Wildman–Crippen MR) is 63.1 cm³/mol. The molecule has 1 atom stereocenters. The number of carboxylic acids is 2. The number of carbonyl (C=O) groups excluding carboxylic acids is 1. The molecule has 0 spiro atoms. The van der Waals surface area contributed by atoms with E-state index in [1.54, 1.807) is 0 Å². The quantitative estimate of drug-likeness (QED) is 0.299. The first kappa shape index (κ1) is 24.8. The molecule has 0 bridgehead atoms. The number of rotatable bonds is 6. The molecular weight excluding hydrogens is 344 g/mol. The fraction of sp³-hybridized carbons (Fsp3) is 0.500. The van der Waals surface area contributed by atoms with Crippen molar-refractivity contribution < 1.29 is 52.6 Å². The van der Waals surface area contributed by atoms with Crippen LogP contribution in [0.3, 0.4) is 0 Å². The van der Waals surface area contributed by atoms with E-state index >= 15 is 0 Å². The van der Waals surface area contributed by atoms with Gasteiger partial charge in [0.1, 0.15) is 0 Å². The largest absolute Gasteiger partial charge is 2.00 e. The van der Waals surface area contributed by atoms with Crippen LogP contribution in [0.4, 0.5) is 0 Å². The summed E-state index contributed by atoms with van der Waals surface area (Å²) >= 11 is 0. The summed E-state index contributed by atoms with van der Waals surface area (Å²) in [6.45, 7) is 0. The molecule has 0 aromatic carbocycles. The van der Waals surface area contributed by atoms with Crippen LogP contribution in [0.1, 0.15) is 18.5 Å². The van der Waals surface area contributed by atoms with E-state index in [0.29, 0.717) is 0 Å². The summed E-state index contributed by atoms with van der Waals surface area (Å²) < 4.78 is 31.6. The second-order valence-corrected chi connectivity index (χ2v) is 3.99. The van der Waals surface area contributed by atoms with E-state index in [2.05, 4.69) is 4.18 Å². The zero-order chi connectivity index (χ0) is 13.9. The van der Waals surface area contributed by atoms with Gasteiger partial charge in [-0.15, -0.1) is 0 Å². The molecule has 106 valence electrons. The molecular formula is C6H12Ca2O10S. The third-order valence-electron chi connectivity index (χ3n) is 1.48. The second-order valence-electron chi connectivity index (χ2n) is 2.97. The van der Waals surface area contributed by atoms with E-state index in [4.69, 9.17) is 14.8 Å². The Balaban J connectivity index is -0.0000000853. The van der Waals surface area contributed by atoms with Gasteiger partial charge in [0.05, 0.1) is 12.8 Å². The molecule has 0 aliphatic carbocycles. The molecule has 0 aliphatic heterocycles. The van der Waals surface area contributed by atoms with Crippen molar-refractivity contribution in [1.29, 1.82) is 0 Å². The number of carboxylic acid groups (broad SMARTS) is 2. The van der Waals surface area contributed by atoms with Gasteiger partial charge in [-0.25, -0.2) is 4.79 Å². The van der Waals surface area contributed by atoms with Crippen molar-refractivity contribution in [2.45, 2.75) is 18.4 Å². The number of hydrogen-bond acceptors (Lipinski definition) is 7. The zero-order valence-electron chi connectivity index (χ0n) is 13.5.